The van der Waals surface area contributed by atoms with Crippen molar-refractivity contribution < 1.29 is 0 Å². The second-order valence-electron chi connectivity index (χ2n) is 4.37. The van der Waals surface area contributed by atoms with Crippen LogP contribution in [0.4, 0.5) is 5.82 Å². The molecule has 0 bridgehead atoms. The summed E-state index contributed by atoms with van der Waals surface area (Å²) < 4.78 is 0. The predicted molar refractivity (Wildman–Crippen MR) is 79.9 cm³/mol. The number of aryl methyl sites for hydroxylation is 1. The standard InChI is InChI=1S/C15H13N3S/c1-10-3-2-4-11(7-10)14-15(19-9-18-14)12-5-6-17-13(16)8-12/h2-9H,1H3,(H2,16,17). The lowest BCUT2D eigenvalue weighted by Crippen LogP contribution is -1.89. The number of nitrogens with two attached hydrogens (primary N) is 1. The van der Waals surface area contributed by atoms with Crippen LogP contribution in [0.25, 0.3) is 21.7 Å². The lowest BCUT2D eigenvalue weighted by molar-refractivity contribution is 1.34. The molecule has 2 heterocycles. The fourth-order valence-electron chi connectivity index (χ4n) is 2.04. The number of hydrogen-bond acceptors (Lipinski definition) is 4. The van der Waals surface area contributed by atoms with E-state index in [0.717, 1.165) is 21.7 Å². The zero-order chi connectivity index (χ0) is 13.2. The maximum absolute atomic E-state index is 5.75. The highest BCUT2D eigenvalue weighted by Gasteiger charge is 2.11. The summed E-state index contributed by atoms with van der Waals surface area (Å²) >= 11 is 1.62. The molecular formula is C15H13N3S. The number of nitrogens with zero attached hydrogens (tertiary/aromatic N) is 2. The van der Waals surface area contributed by atoms with Crippen LogP contribution < -0.4 is 5.73 Å². The van der Waals surface area contributed by atoms with Crippen LogP contribution in [0.15, 0.2) is 48.1 Å². The van der Waals surface area contributed by atoms with Crippen molar-refractivity contribution >= 4 is 17.2 Å². The second-order valence-corrected chi connectivity index (χ2v) is 5.22. The molecule has 0 saturated heterocycles. The van der Waals surface area contributed by atoms with Gasteiger partial charge in [-0.15, -0.1) is 11.3 Å². The van der Waals surface area contributed by atoms with E-state index in [1.165, 1.54) is 5.56 Å². The molecule has 0 radical (unpaired) electrons. The van der Waals surface area contributed by atoms with E-state index in [4.69, 9.17) is 5.73 Å². The van der Waals surface area contributed by atoms with E-state index in [2.05, 4.69) is 41.2 Å². The number of aromatic nitrogens is 2. The Hall–Kier alpha value is -2.20. The van der Waals surface area contributed by atoms with E-state index in [9.17, 15) is 0 Å². The van der Waals surface area contributed by atoms with Crippen LogP contribution in [0.2, 0.25) is 0 Å². The quantitative estimate of drug-likeness (QED) is 0.769. The molecule has 3 rings (SSSR count). The molecule has 3 aromatic rings. The molecule has 0 aliphatic heterocycles. The molecule has 1 aromatic carbocycles. The van der Waals surface area contributed by atoms with E-state index in [1.807, 2.05) is 17.6 Å². The molecule has 0 atom stereocenters. The molecule has 19 heavy (non-hydrogen) atoms. The third kappa shape index (κ3) is 2.35. The summed E-state index contributed by atoms with van der Waals surface area (Å²) in [7, 11) is 0. The Morgan fingerprint density at radius 2 is 1.95 bits per heavy atom. The molecule has 0 unspecified atom stereocenters. The summed E-state index contributed by atoms with van der Waals surface area (Å²) in [6, 6.07) is 12.2. The van der Waals surface area contributed by atoms with E-state index < -0.39 is 0 Å². The summed E-state index contributed by atoms with van der Waals surface area (Å²) in [5.41, 5.74) is 12.0. The number of thiazole rings is 1. The lowest BCUT2D eigenvalue weighted by atomic mass is 10.1. The van der Waals surface area contributed by atoms with Gasteiger partial charge in [-0.2, -0.15) is 0 Å². The molecule has 4 heteroatoms. The van der Waals surface area contributed by atoms with Gasteiger partial charge < -0.3 is 5.73 Å². The first-order valence-electron chi connectivity index (χ1n) is 5.96. The summed E-state index contributed by atoms with van der Waals surface area (Å²) in [4.78, 5) is 9.64. The fraction of sp³-hybridized carbons (Fsp3) is 0.0667. The van der Waals surface area contributed by atoms with Gasteiger partial charge in [-0.25, -0.2) is 9.97 Å². The van der Waals surface area contributed by atoms with Crippen LogP contribution >= 0.6 is 11.3 Å². The number of hydrogen-bond donors (Lipinski definition) is 1. The highest BCUT2D eigenvalue weighted by molar-refractivity contribution is 7.13. The maximum atomic E-state index is 5.75. The van der Waals surface area contributed by atoms with Crippen LogP contribution in [-0.2, 0) is 0 Å². The van der Waals surface area contributed by atoms with Gasteiger partial charge in [0, 0.05) is 11.8 Å². The Kier molecular flexibility index (Phi) is 3.01. The number of pyridine rings is 1. The first-order valence-corrected chi connectivity index (χ1v) is 6.84. The Bertz CT molecular complexity index is 659. The van der Waals surface area contributed by atoms with Crippen molar-refractivity contribution in [1.29, 1.82) is 0 Å². The fourth-order valence-corrected chi connectivity index (χ4v) is 2.85. The number of rotatable bonds is 2. The van der Waals surface area contributed by atoms with Gasteiger partial charge in [0.25, 0.3) is 0 Å². The van der Waals surface area contributed by atoms with Crippen LogP contribution in [-0.4, -0.2) is 9.97 Å². The molecule has 0 aliphatic rings. The highest BCUT2D eigenvalue weighted by Crippen LogP contribution is 2.35. The van der Waals surface area contributed by atoms with Crippen molar-refractivity contribution in [2.75, 3.05) is 5.73 Å². The molecule has 0 saturated carbocycles. The summed E-state index contributed by atoms with van der Waals surface area (Å²) in [6.07, 6.45) is 1.73. The van der Waals surface area contributed by atoms with Crippen molar-refractivity contribution in [3.05, 3.63) is 53.7 Å². The van der Waals surface area contributed by atoms with E-state index in [-0.39, 0.29) is 0 Å². The Morgan fingerprint density at radius 1 is 1.05 bits per heavy atom. The SMILES string of the molecule is Cc1cccc(-c2ncsc2-c2ccnc(N)c2)c1. The van der Waals surface area contributed by atoms with Crippen LogP contribution in [0.3, 0.4) is 0 Å². The van der Waals surface area contributed by atoms with Gasteiger partial charge in [0.05, 0.1) is 16.1 Å². The monoisotopic (exact) mass is 267 g/mol. The molecule has 0 spiro atoms. The number of nitrogen functional groups attached to an aromatic ring is 1. The third-order valence-electron chi connectivity index (χ3n) is 2.90. The zero-order valence-corrected chi connectivity index (χ0v) is 11.3. The Labute approximate surface area is 115 Å². The normalized spacial score (nSPS) is 10.6. The van der Waals surface area contributed by atoms with E-state index in [0.29, 0.717) is 5.82 Å². The molecule has 0 fully saturated rings. The van der Waals surface area contributed by atoms with Crippen molar-refractivity contribution in [2.24, 2.45) is 0 Å². The van der Waals surface area contributed by atoms with Crippen molar-refractivity contribution in [3.8, 4) is 21.7 Å². The predicted octanol–water partition coefficient (Wildman–Crippen LogP) is 3.76. The molecule has 2 aromatic heterocycles. The van der Waals surface area contributed by atoms with E-state index in [1.54, 1.807) is 17.5 Å². The first kappa shape index (κ1) is 11.9. The van der Waals surface area contributed by atoms with E-state index >= 15 is 0 Å². The summed E-state index contributed by atoms with van der Waals surface area (Å²) in [5, 5.41) is 0. The minimum absolute atomic E-state index is 0.529. The van der Waals surface area contributed by atoms with Crippen LogP contribution in [0, 0.1) is 6.92 Å². The summed E-state index contributed by atoms with van der Waals surface area (Å²) in [6.45, 7) is 2.08. The zero-order valence-electron chi connectivity index (χ0n) is 10.5. The van der Waals surface area contributed by atoms with Gasteiger partial charge in [0.2, 0.25) is 0 Å². The number of anilines is 1. The van der Waals surface area contributed by atoms with Gasteiger partial charge in [0.15, 0.2) is 0 Å². The third-order valence-corrected chi connectivity index (χ3v) is 3.78. The molecule has 94 valence electrons. The number of benzene rings is 1. The molecule has 3 nitrogen and oxygen atoms in total. The van der Waals surface area contributed by atoms with Crippen molar-refractivity contribution in [1.82, 2.24) is 9.97 Å². The molecule has 0 aliphatic carbocycles. The average molecular weight is 267 g/mol. The molecular weight excluding hydrogens is 254 g/mol. The van der Waals surface area contributed by atoms with Gasteiger partial charge in [-0.3, -0.25) is 0 Å². The topological polar surface area (TPSA) is 51.8 Å². The van der Waals surface area contributed by atoms with Gasteiger partial charge in [0.1, 0.15) is 5.82 Å². The smallest absolute Gasteiger partial charge is 0.123 e. The van der Waals surface area contributed by atoms with Crippen LogP contribution in [0.5, 0.6) is 0 Å². The average Bonchev–Trinajstić information content (AvgIpc) is 2.88. The Morgan fingerprint density at radius 3 is 2.74 bits per heavy atom. The highest BCUT2D eigenvalue weighted by atomic mass is 32.1. The molecule has 2 N–H and O–H groups in total. The molecule has 0 amide bonds. The largest absolute Gasteiger partial charge is 0.384 e. The van der Waals surface area contributed by atoms with Gasteiger partial charge in [-0.05, 0) is 30.7 Å². The van der Waals surface area contributed by atoms with Crippen molar-refractivity contribution in [2.45, 2.75) is 6.92 Å². The second kappa shape index (κ2) is 4.82. The first-order chi connectivity index (χ1) is 9.24. The van der Waals surface area contributed by atoms with Gasteiger partial charge in [-0.1, -0.05) is 23.8 Å². The minimum Gasteiger partial charge on any atom is -0.384 e. The maximum Gasteiger partial charge on any atom is 0.123 e. The van der Waals surface area contributed by atoms with Gasteiger partial charge >= 0.3 is 0 Å². The minimum atomic E-state index is 0.529. The summed E-state index contributed by atoms with van der Waals surface area (Å²) in [5.74, 6) is 0.529. The lowest BCUT2D eigenvalue weighted by Gasteiger charge is -2.04. The Balaban J connectivity index is 2.13. The van der Waals surface area contributed by atoms with Crippen LogP contribution in [0.1, 0.15) is 5.56 Å². The van der Waals surface area contributed by atoms with Crippen molar-refractivity contribution in [3.63, 3.8) is 0 Å².